The Labute approximate surface area is 115 Å². The summed E-state index contributed by atoms with van der Waals surface area (Å²) in [5.74, 6) is -0.463. The van der Waals surface area contributed by atoms with E-state index in [-0.39, 0.29) is 24.6 Å². The Morgan fingerprint density at radius 1 is 1.25 bits per heavy atom. The molecule has 0 saturated carbocycles. The van der Waals surface area contributed by atoms with Crippen molar-refractivity contribution >= 4 is 10.0 Å². The van der Waals surface area contributed by atoms with Gasteiger partial charge in [-0.25, -0.2) is 13.1 Å². The van der Waals surface area contributed by atoms with Crippen LogP contribution in [0.3, 0.4) is 0 Å². The first-order valence-electron chi connectivity index (χ1n) is 5.69. The van der Waals surface area contributed by atoms with E-state index in [0.717, 1.165) is 0 Å². The van der Waals surface area contributed by atoms with Gasteiger partial charge in [0.1, 0.15) is 5.75 Å². The summed E-state index contributed by atoms with van der Waals surface area (Å²) in [6.07, 6.45) is -4.76. The molecule has 2 N–H and O–H groups in total. The summed E-state index contributed by atoms with van der Waals surface area (Å²) in [4.78, 5) is 0. The van der Waals surface area contributed by atoms with E-state index in [0.29, 0.717) is 5.56 Å². The normalized spacial score (nSPS) is 12.4. The second-order valence-electron chi connectivity index (χ2n) is 3.86. The standard InChI is InChI=1S/C11H15F3N2O3S/c1-15-20(17,18)7-6-16-8-9-4-2-3-5-10(9)19-11(12,13)14/h2-5,15-16H,6-8H2,1H3. The van der Waals surface area contributed by atoms with Gasteiger partial charge in [0, 0.05) is 18.7 Å². The van der Waals surface area contributed by atoms with E-state index in [4.69, 9.17) is 0 Å². The smallest absolute Gasteiger partial charge is 0.405 e. The molecule has 5 nitrogen and oxygen atoms in total. The maximum absolute atomic E-state index is 12.2. The van der Waals surface area contributed by atoms with Gasteiger partial charge in [0.25, 0.3) is 0 Å². The first kappa shape index (κ1) is 16.7. The van der Waals surface area contributed by atoms with Crippen LogP contribution in [-0.2, 0) is 16.6 Å². The number of hydrogen-bond donors (Lipinski definition) is 2. The Balaban J connectivity index is 2.56. The third kappa shape index (κ3) is 6.22. The molecule has 114 valence electrons. The Bertz CT molecular complexity index is 532. The molecule has 1 rings (SSSR count). The van der Waals surface area contributed by atoms with Gasteiger partial charge < -0.3 is 10.1 Å². The second-order valence-corrected chi connectivity index (χ2v) is 5.90. The number of para-hydroxylation sites is 1. The van der Waals surface area contributed by atoms with E-state index in [1.807, 2.05) is 0 Å². The van der Waals surface area contributed by atoms with Gasteiger partial charge in [-0.15, -0.1) is 13.2 Å². The predicted molar refractivity (Wildman–Crippen MR) is 67.7 cm³/mol. The maximum atomic E-state index is 12.2. The SMILES string of the molecule is CNS(=O)(=O)CCNCc1ccccc1OC(F)(F)F. The molecule has 0 amide bonds. The van der Waals surface area contributed by atoms with Crippen molar-refractivity contribution in [2.75, 3.05) is 19.3 Å². The molecule has 0 aliphatic rings. The lowest BCUT2D eigenvalue weighted by atomic mass is 10.2. The highest BCUT2D eigenvalue weighted by atomic mass is 32.2. The van der Waals surface area contributed by atoms with Crippen molar-refractivity contribution < 1.29 is 26.3 Å². The molecule has 0 unspecified atom stereocenters. The van der Waals surface area contributed by atoms with Crippen LogP contribution in [-0.4, -0.2) is 34.1 Å². The van der Waals surface area contributed by atoms with Gasteiger partial charge >= 0.3 is 6.36 Å². The number of ether oxygens (including phenoxy) is 1. The fraction of sp³-hybridized carbons (Fsp3) is 0.455. The van der Waals surface area contributed by atoms with Gasteiger partial charge in [-0.3, -0.25) is 0 Å². The van der Waals surface area contributed by atoms with E-state index in [9.17, 15) is 21.6 Å². The van der Waals surface area contributed by atoms with Crippen LogP contribution in [0.2, 0.25) is 0 Å². The average molecular weight is 312 g/mol. The van der Waals surface area contributed by atoms with Crippen molar-refractivity contribution in [3.05, 3.63) is 29.8 Å². The van der Waals surface area contributed by atoms with E-state index in [1.54, 1.807) is 6.07 Å². The second kappa shape index (κ2) is 6.91. The monoisotopic (exact) mass is 312 g/mol. The van der Waals surface area contributed by atoms with Crippen molar-refractivity contribution in [3.63, 3.8) is 0 Å². The molecule has 0 aromatic heterocycles. The molecule has 0 aliphatic heterocycles. The van der Waals surface area contributed by atoms with Crippen LogP contribution in [0, 0.1) is 0 Å². The Hall–Kier alpha value is -1.32. The van der Waals surface area contributed by atoms with Gasteiger partial charge in [-0.2, -0.15) is 0 Å². The molecule has 0 saturated heterocycles. The fourth-order valence-electron chi connectivity index (χ4n) is 1.41. The molecule has 0 radical (unpaired) electrons. The van der Waals surface area contributed by atoms with E-state index in [2.05, 4.69) is 14.8 Å². The van der Waals surface area contributed by atoms with Crippen LogP contribution in [0.4, 0.5) is 13.2 Å². The van der Waals surface area contributed by atoms with Crippen molar-refractivity contribution in [1.82, 2.24) is 10.0 Å². The summed E-state index contributed by atoms with van der Waals surface area (Å²) >= 11 is 0. The summed E-state index contributed by atoms with van der Waals surface area (Å²) < 4.78 is 64.8. The fourth-order valence-corrected chi connectivity index (χ4v) is 2.02. The van der Waals surface area contributed by atoms with Gasteiger partial charge in [0.05, 0.1) is 5.75 Å². The van der Waals surface area contributed by atoms with Crippen LogP contribution in [0.15, 0.2) is 24.3 Å². The lowest BCUT2D eigenvalue weighted by Crippen LogP contribution is -2.29. The van der Waals surface area contributed by atoms with Crippen LogP contribution in [0.1, 0.15) is 5.56 Å². The minimum atomic E-state index is -4.76. The lowest BCUT2D eigenvalue weighted by molar-refractivity contribution is -0.274. The van der Waals surface area contributed by atoms with E-state index >= 15 is 0 Å². The molecule has 1 aromatic rings. The van der Waals surface area contributed by atoms with Crippen molar-refractivity contribution in [2.24, 2.45) is 0 Å². The minimum Gasteiger partial charge on any atom is -0.405 e. The largest absolute Gasteiger partial charge is 0.573 e. The van der Waals surface area contributed by atoms with E-state index in [1.165, 1.54) is 25.2 Å². The zero-order valence-corrected chi connectivity index (χ0v) is 11.5. The van der Waals surface area contributed by atoms with Crippen molar-refractivity contribution in [3.8, 4) is 5.75 Å². The number of sulfonamides is 1. The minimum absolute atomic E-state index is 0.0749. The predicted octanol–water partition coefficient (Wildman–Crippen LogP) is 1.22. The number of rotatable bonds is 7. The number of halogens is 3. The van der Waals surface area contributed by atoms with Crippen molar-refractivity contribution in [1.29, 1.82) is 0 Å². The van der Waals surface area contributed by atoms with Crippen LogP contribution < -0.4 is 14.8 Å². The zero-order valence-electron chi connectivity index (χ0n) is 10.7. The maximum Gasteiger partial charge on any atom is 0.573 e. The zero-order chi connectivity index (χ0) is 15.2. The highest BCUT2D eigenvalue weighted by molar-refractivity contribution is 7.89. The molecule has 0 fully saturated rings. The molecule has 20 heavy (non-hydrogen) atoms. The Morgan fingerprint density at radius 3 is 2.50 bits per heavy atom. The number of hydrogen-bond acceptors (Lipinski definition) is 4. The molecule has 0 aliphatic carbocycles. The molecule has 9 heteroatoms. The highest BCUT2D eigenvalue weighted by Gasteiger charge is 2.31. The van der Waals surface area contributed by atoms with Crippen molar-refractivity contribution in [2.45, 2.75) is 12.9 Å². The first-order chi connectivity index (χ1) is 9.23. The molecule has 0 heterocycles. The Morgan fingerprint density at radius 2 is 1.90 bits per heavy atom. The summed E-state index contributed by atoms with van der Waals surface area (Å²) in [5, 5.41) is 2.75. The van der Waals surface area contributed by atoms with Crippen LogP contribution in [0.25, 0.3) is 0 Å². The topological polar surface area (TPSA) is 67.4 Å². The number of alkyl halides is 3. The van der Waals surface area contributed by atoms with Gasteiger partial charge in [0.15, 0.2) is 0 Å². The molecule has 1 aromatic carbocycles. The van der Waals surface area contributed by atoms with Crippen LogP contribution in [0.5, 0.6) is 5.75 Å². The summed E-state index contributed by atoms with van der Waals surface area (Å²) in [5.41, 5.74) is 0.298. The Kier molecular flexibility index (Phi) is 5.78. The molecular formula is C11H15F3N2O3S. The molecular weight excluding hydrogens is 297 g/mol. The van der Waals surface area contributed by atoms with Gasteiger partial charge in [-0.1, -0.05) is 18.2 Å². The number of benzene rings is 1. The summed E-state index contributed by atoms with van der Waals surface area (Å²) in [7, 11) is -2.04. The quantitative estimate of drug-likeness (QED) is 0.743. The summed E-state index contributed by atoms with van der Waals surface area (Å²) in [6, 6.07) is 5.68. The average Bonchev–Trinajstić information content (AvgIpc) is 2.35. The first-order valence-corrected chi connectivity index (χ1v) is 7.34. The summed E-state index contributed by atoms with van der Waals surface area (Å²) in [6.45, 7) is 0.189. The lowest BCUT2D eigenvalue weighted by Gasteiger charge is -2.13. The molecule has 0 bridgehead atoms. The van der Waals surface area contributed by atoms with Crippen LogP contribution >= 0.6 is 0 Å². The van der Waals surface area contributed by atoms with Gasteiger partial charge in [-0.05, 0) is 13.1 Å². The molecule has 0 spiro atoms. The third-order valence-electron chi connectivity index (χ3n) is 2.37. The van der Waals surface area contributed by atoms with E-state index < -0.39 is 16.4 Å². The van der Waals surface area contributed by atoms with Gasteiger partial charge in [0.2, 0.25) is 10.0 Å². The highest BCUT2D eigenvalue weighted by Crippen LogP contribution is 2.25. The molecule has 0 atom stereocenters. The number of nitrogens with one attached hydrogen (secondary N) is 2. The third-order valence-corrected chi connectivity index (χ3v) is 3.74.